The summed E-state index contributed by atoms with van der Waals surface area (Å²) in [5.41, 5.74) is 0.884. The van der Waals surface area contributed by atoms with Crippen LogP contribution in [0.1, 0.15) is 18.4 Å². The van der Waals surface area contributed by atoms with Crippen LogP contribution in [-0.4, -0.2) is 22.0 Å². The lowest BCUT2D eigenvalue weighted by molar-refractivity contribution is -0.147. The summed E-state index contributed by atoms with van der Waals surface area (Å²) in [5.74, 6) is -1.09. The zero-order chi connectivity index (χ0) is 15.0. The van der Waals surface area contributed by atoms with Gasteiger partial charge in [-0.3, -0.25) is 9.59 Å². The Balaban J connectivity index is 1.87. The number of carboxylic acid groups (broad SMARTS) is 1. The minimum absolute atomic E-state index is 0.382. The number of hydrogen-bond donors (Lipinski definition) is 2. The number of hydrogen-bond acceptors (Lipinski definition) is 4. The van der Waals surface area contributed by atoms with E-state index in [9.17, 15) is 9.59 Å². The lowest BCUT2D eigenvalue weighted by atomic mass is 10.1. The topological polar surface area (TPSA) is 92.4 Å². The van der Waals surface area contributed by atoms with Gasteiger partial charge in [0.05, 0.1) is 6.20 Å². The van der Waals surface area contributed by atoms with Crippen molar-refractivity contribution < 1.29 is 19.1 Å². The van der Waals surface area contributed by atoms with Gasteiger partial charge in [0.25, 0.3) is 0 Å². The first-order chi connectivity index (χ1) is 10.0. The summed E-state index contributed by atoms with van der Waals surface area (Å²) in [6.45, 7) is 1.84. The predicted molar refractivity (Wildman–Crippen MR) is 74.6 cm³/mol. The van der Waals surface area contributed by atoms with Gasteiger partial charge in [0, 0.05) is 11.3 Å². The van der Waals surface area contributed by atoms with Crippen molar-refractivity contribution in [3.8, 4) is 11.5 Å². The maximum Gasteiger partial charge on any atom is 0.319 e. The summed E-state index contributed by atoms with van der Waals surface area (Å²) in [7, 11) is 0. The van der Waals surface area contributed by atoms with E-state index in [-0.39, 0.29) is 0 Å². The van der Waals surface area contributed by atoms with E-state index in [1.54, 1.807) is 6.07 Å². The number of aryl methyl sites for hydroxylation is 1. The van der Waals surface area contributed by atoms with Crippen molar-refractivity contribution in [1.29, 1.82) is 0 Å². The standard InChI is InChI=1S/C15H14N2O4/c1-9-2-3-10(12-16-6-7-21-12)8-11(9)17-13(18)15(4-5-15)14(19)20/h2-3,6-8H,4-5H2,1H3,(H,17,18)(H,19,20). The average Bonchev–Trinajstić information content (AvgIpc) is 3.10. The Morgan fingerprint density at radius 3 is 2.71 bits per heavy atom. The van der Waals surface area contributed by atoms with Gasteiger partial charge in [0.2, 0.25) is 11.8 Å². The zero-order valence-corrected chi connectivity index (χ0v) is 11.4. The number of aliphatic carboxylic acids is 1. The number of oxazole rings is 1. The first-order valence-corrected chi connectivity index (χ1v) is 6.58. The van der Waals surface area contributed by atoms with E-state index in [2.05, 4.69) is 10.3 Å². The molecule has 1 aliphatic carbocycles. The van der Waals surface area contributed by atoms with E-state index < -0.39 is 17.3 Å². The van der Waals surface area contributed by atoms with Crippen LogP contribution in [-0.2, 0) is 9.59 Å². The Hall–Kier alpha value is -2.63. The Kier molecular flexibility index (Phi) is 3.01. The van der Waals surface area contributed by atoms with Crippen molar-refractivity contribution in [1.82, 2.24) is 4.98 Å². The average molecular weight is 286 g/mol. The number of benzene rings is 1. The molecule has 0 spiro atoms. The molecule has 6 heteroatoms. The maximum atomic E-state index is 12.2. The van der Waals surface area contributed by atoms with Crippen LogP contribution in [0.25, 0.3) is 11.5 Å². The quantitative estimate of drug-likeness (QED) is 0.842. The Bertz CT molecular complexity index is 702. The zero-order valence-electron chi connectivity index (χ0n) is 11.4. The van der Waals surface area contributed by atoms with Gasteiger partial charge >= 0.3 is 5.97 Å². The maximum absolute atomic E-state index is 12.2. The van der Waals surface area contributed by atoms with Gasteiger partial charge in [-0.15, -0.1) is 0 Å². The number of anilines is 1. The lowest BCUT2D eigenvalue weighted by Gasteiger charge is -2.13. The molecule has 0 atom stereocenters. The van der Waals surface area contributed by atoms with Gasteiger partial charge in [0.1, 0.15) is 11.7 Å². The van der Waals surface area contributed by atoms with Crippen LogP contribution in [0.3, 0.4) is 0 Å². The van der Waals surface area contributed by atoms with E-state index in [0.717, 1.165) is 11.1 Å². The summed E-state index contributed by atoms with van der Waals surface area (Å²) < 4.78 is 5.22. The third-order valence-electron chi connectivity index (χ3n) is 3.76. The third kappa shape index (κ3) is 2.29. The molecule has 6 nitrogen and oxygen atoms in total. The molecular formula is C15H14N2O4. The molecule has 1 heterocycles. The molecule has 0 radical (unpaired) electrons. The molecule has 0 aliphatic heterocycles. The molecule has 2 N–H and O–H groups in total. The smallest absolute Gasteiger partial charge is 0.319 e. The molecule has 0 saturated heterocycles. The fourth-order valence-electron chi connectivity index (χ4n) is 2.16. The van der Waals surface area contributed by atoms with Crippen molar-refractivity contribution in [3.63, 3.8) is 0 Å². The largest absolute Gasteiger partial charge is 0.480 e. The number of nitrogens with one attached hydrogen (secondary N) is 1. The minimum Gasteiger partial charge on any atom is -0.480 e. The molecule has 0 unspecified atom stereocenters. The van der Waals surface area contributed by atoms with Gasteiger partial charge in [-0.1, -0.05) is 6.07 Å². The van der Waals surface area contributed by atoms with Crippen LogP contribution in [0, 0.1) is 12.3 Å². The highest BCUT2D eigenvalue weighted by atomic mass is 16.4. The van der Waals surface area contributed by atoms with Crippen molar-refractivity contribution in [3.05, 3.63) is 36.2 Å². The Morgan fingerprint density at radius 2 is 2.14 bits per heavy atom. The molecule has 1 aliphatic rings. The molecule has 2 aromatic rings. The second-order valence-corrected chi connectivity index (χ2v) is 5.21. The van der Waals surface area contributed by atoms with E-state index in [1.807, 2.05) is 19.1 Å². The van der Waals surface area contributed by atoms with Crippen molar-refractivity contribution in [2.24, 2.45) is 5.41 Å². The molecule has 21 heavy (non-hydrogen) atoms. The van der Waals surface area contributed by atoms with E-state index in [4.69, 9.17) is 9.52 Å². The summed E-state index contributed by atoms with van der Waals surface area (Å²) in [6.07, 6.45) is 3.77. The van der Waals surface area contributed by atoms with Crippen molar-refractivity contribution in [2.45, 2.75) is 19.8 Å². The Labute approximate surface area is 120 Å². The molecule has 1 fully saturated rings. The van der Waals surface area contributed by atoms with Crippen LogP contribution in [0.5, 0.6) is 0 Å². The van der Waals surface area contributed by atoms with Gasteiger partial charge in [-0.05, 0) is 37.5 Å². The molecule has 1 aromatic carbocycles. The molecular weight excluding hydrogens is 272 g/mol. The van der Waals surface area contributed by atoms with Crippen LogP contribution in [0.4, 0.5) is 5.69 Å². The number of aromatic nitrogens is 1. The summed E-state index contributed by atoms with van der Waals surface area (Å²) in [5, 5.41) is 11.8. The fourth-order valence-corrected chi connectivity index (χ4v) is 2.16. The molecule has 3 rings (SSSR count). The fraction of sp³-hybridized carbons (Fsp3) is 0.267. The van der Waals surface area contributed by atoms with Crippen LogP contribution in [0.2, 0.25) is 0 Å². The minimum atomic E-state index is -1.26. The van der Waals surface area contributed by atoms with E-state index in [0.29, 0.717) is 24.4 Å². The highest BCUT2D eigenvalue weighted by Gasteiger charge is 2.57. The second-order valence-electron chi connectivity index (χ2n) is 5.21. The number of carbonyl (C=O) groups excluding carboxylic acids is 1. The van der Waals surface area contributed by atoms with Gasteiger partial charge in [-0.2, -0.15) is 0 Å². The normalized spacial score (nSPS) is 15.5. The monoisotopic (exact) mass is 286 g/mol. The van der Waals surface area contributed by atoms with Crippen LogP contribution >= 0.6 is 0 Å². The van der Waals surface area contributed by atoms with Crippen molar-refractivity contribution >= 4 is 17.6 Å². The summed E-state index contributed by atoms with van der Waals surface area (Å²) in [4.78, 5) is 27.4. The number of carboxylic acids is 1. The number of carbonyl (C=O) groups is 2. The highest BCUT2D eigenvalue weighted by molar-refractivity contribution is 6.11. The molecule has 0 bridgehead atoms. The number of nitrogens with zero attached hydrogens (tertiary/aromatic N) is 1. The Morgan fingerprint density at radius 1 is 1.38 bits per heavy atom. The first kappa shape index (κ1) is 13.4. The molecule has 1 aromatic heterocycles. The SMILES string of the molecule is Cc1ccc(-c2ncco2)cc1NC(=O)C1(C(=O)O)CC1. The number of amides is 1. The molecule has 108 valence electrons. The van der Waals surface area contributed by atoms with Crippen LogP contribution in [0.15, 0.2) is 35.1 Å². The number of rotatable bonds is 4. The molecule has 1 amide bonds. The second kappa shape index (κ2) is 4.73. The highest BCUT2D eigenvalue weighted by Crippen LogP contribution is 2.47. The van der Waals surface area contributed by atoms with Gasteiger partial charge in [0.15, 0.2) is 0 Å². The lowest BCUT2D eigenvalue weighted by Crippen LogP contribution is -2.31. The van der Waals surface area contributed by atoms with Gasteiger partial charge < -0.3 is 14.8 Å². The van der Waals surface area contributed by atoms with E-state index >= 15 is 0 Å². The third-order valence-corrected chi connectivity index (χ3v) is 3.76. The first-order valence-electron chi connectivity index (χ1n) is 6.58. The summed E-state index contributed by atoms with van der Waals surface area (Å²) >= 11 is 0. The van der Waals surface area contributed by atoms with Crippen molar-refractivity contribution in [2.75, 3.05) is 5.32 Å². The van der Waals surface area contributed by atoms with Gasteiger partial charge in [-0.25, -0.2) is 4.98 Å². The summed E-state index contributed by atoms with van der Waals surface area (Å²) in [6, 6.07) is 5.40. The molecule has 1 saturated carbocycles. The predicted octanol–water partition coefficient (Wildman–Crippen LogP) is 2.45. The van der Waals surface area contributed by atoms with E-state index in [1.165, 1.54) is 12.5 Å². The van der Waals surface area contributed by atoms with Crippen LogP contribution < -0.4 is 5.32 Å².